The minimum Gasteiger partial charge on any atom is -0.345 e. The van der Waals surface area contributed by atoms with E-state index in [0.717, 1.165) is 5.56 Å². The van der Waals surface area contributed by atoms with Crippen molar-refractivity contribution in [3.05, 3.63) is 64.7 Å². The maximum Gasteiger partial charge on any atom is 0.252 e. The lowest BCUT2D eigenvalue weighted by atomic mass is 10.0. The molecule has 6 nitrogen and oxygen atoms in total. The summed E-state index contributed by atoms with van der Waals surface area (Å²) in [5, 5.41) is 8.56. The third-order valence-electron chi connectivity index (χ3n) is 4.18. The number of carbonyl (C=O) groups is 3. The van der Waals surface area contributed by atoms with E-state index < -0.39 is 11.9 Å². The number of anilines is 1. The fourth-order valence-electron chi connectivity index (χ4n) is 2.60. The Kier molecular flexibility index (Phi) is 7.58. The van der Waals surface area contributed by atoms with Crippen LogP contribution in [0.25, 0.3) is 0 Å². The first-order chi connectivity index (χ1) is 13.3. The molecular formula is C21H24ClN3O3. The van der Waals surface area contributed by atoms with Crippen molar-refractivity contribution in [3.63, 3.8) is 0 Å². The zero-order chi connectivity index (χ0) is 20.7. The summed E-state index contributed by atoms with van der Waals surface area (Å²) in [5.41, 5.74) is 1.92. The van der Waals surface area contributed by atoms with Crippen LogP contribution in [0.3, 0.4) is 0 Å². The highest BCUT2D eigenvalue weighted by Gasteiger charge is 2.25. The Morgan fingerprint density at radius 2 is 1.64 bits per heavy atom. The van der Waals surface area contributed by atoms with Crippen molar-refractivity contribution >= 4 is 35.0 Å². The molecule has 28 heavy (non-hydrogen) atoms. The number of benzene rings is 2. The zero-order valence-electron chi connectivity index (χ0n) is 16.1. The summed E-state index contributed by atoms with van der Waals surface area (Å²) in [6, 6.07) is 13.1. The summed E-state index contributed by atoms with van der Waals surface area (Å²) in [5.74, 6) is -1.25. The number of carbonyl (C=O) groups excluding carboxylic acids is 3. The lowest BCUT2D eigenvalue weighted by Gasteiger charge is -2.22. The summed E-state index contributed by atoms with van der Waals surface area (Å²) < 4.78 is 0. The van der Waals surface area contributed by atoms with E-state index in [2.05, 4.69) is 16.0 Å². The molecule has 0 aliphatic rings. The molecule has 1 atom stereocenters. The largest absolute Gasteiger partial charge is 0.345 e. The van der Waals surface area contributed by atoms with Gasteiger partial charge in [0.15, 0.2) is 0 Å². The molecule has 0 heterocycles. The SMILES string of the molecule is Cc1ccccc1C(=O)NC(C(=O)NCC(=O)Nc1ccc(Cl)cc1)C(C)C. The Labute approximate surface area is 169 Å². The molecule has 0 fully saturated rings. The van der Waals surface area contributed by atoms with Gasteiger partial charge in [-0.2, -0.15) is 0 Å². The van der Waals surface area contributed by atoms with Gasteiger partial charge in [-0.3, -0.25) is 14.4 Å². The van der Waals surface area contributed by atoms with E-state index in [-0.39, 0.29) is 24.3 Å². The molecule has 148 valence electrons. The first kappa shape index (κ1) is 21.4. The topological polar surface area (TPSA) is 87.3 Å². The Morgan fingerprint density at radius 1 is 1.00 bits per heavy atom. The molecule has 0 saturated carbocycles. The van der Waals surface area contributed by atoms with Crippen molar-refractivity contribution in [3.8, 4) is 0 Å². The van der Waals surface area contributed by atoms with Crippen LogP contribution in [0, 0.1) is 12.8 Å². The second-order valence-electron chi connectivity index (χ2n) is 6.78. The molecule has 0 aliphatic carbocycles. The van der Waals surface area contributed by atoms with E-state index in [4.69, 9.17) is 11.6 Å². The summed E-state index contributed by atoms with van der Waals surface area (Å²) in [7, 11) is 0. The summed E-state index contributed by atoms with van der Waals surface area (Å²) in [4.78, 5) is 37.1. The number of hydrogen-bond acceptors (Lipinski definition) is 3. The first-order valence-corrected chi connectivity index (χ1v) is 9.35. The van der Waals surface area contributed by atoms with Gasteiger partial charge < -0.3 is 16.0 Å². The van der Waals surface area contributed by atoms with Crippen molar-refractivity contribution in [1.82, 2.24) is 10.6 Å². The smallest absolute Gasteiger partial charge is 0.252 e. The van der Waals surface area contributed by atoms with Gasteiger partial charge >= 0.3 is 0 Å². The number of nitrogens with one attached hydrogen (secondary N) is 3. The maximum absolute atomic E-state index is 12.5. The Balaban J connectivity index is 1.93. The second kappa shape index (κ2) is 9.90. The van der Waals surface area contributed by atoms with Gasteiger partial charge in [0, 0.05) is 16.3 Å². The van der Waals surface area contributed by atoms with Gasteiger partial charge in [-0.05, 0) is 48.7 Å². The number of aryl methyl sites for hydroxylation is 1. The van der Waals surface area contributed by atoms with Crippen LogP contribution >= 0.6 is 11.6 Å². The maximum atomic E-state index is 12.5. The second-order valence-corrected chi connectivity index (χ2v) is 7.22. The molecule has 0 bridgehead atoms. The molecule has 2 rings (SSSR count). The normalized spacial score (nSPS) is 11.6. The van der Waals surface area contributed by atoms with Crippen LogP contribution in [-0.4, -0.2) is 30.3 Å². The molecule has 0 aromatic heterocycles. The van der Waals surface area contributed by atoms with E-state index in [1.165, 1.54) is 0 Å². The lowest BCUT2D eigenvalue weighted by Crippen LogP contribution is -2.51. The Hall–Kier alpha value is -2.86. The molecule has 1 unspecified atom stereocenters. The number of hydrogen-bond donors (Lipinski definition) is 3. The van der Waals surface area contributed by atoms with Gasteiger partial charge in [0.05, 0.1) is 6.54 Å². The Bertz CT molecular complexity index is 850. The van der Waals surface area contributed by atoms with Gasteiger partial charge in [-0.1, -0.05) is 43.6 Å². The van der Waals surface area contributed by atoms with Crippen LogP contribution in [0.2, 0.25) is 5.02 Å². The van der Waals surface area contributed by atoms with Gasteiger partial charge in [0.25, 0.3) is 5.91 Å². The van der Waals surface area contributed by atoms with E-state index in [1.54, 1.807) is 36.4 Å². The fraction of sp³-hybridized carbons (Fsp3) is 0.286. The summed E-state index contributed by atoms with van der Waals surface area (Å²) in [6.45, 7) is 5.29. The average Bonchev–Trinajstić information content (AvgIpc) is 2.66. The monoisotopic (exact) mass is 401 g/mol. The molecular weight excluding hydrogens is 378 g/mol. The number of rotatable bonds is 7. The van der Waals surface area contributed by atoms with E-state index in [9.17, 15) is 14.4 Å². The third kappa shape index (κ3) is 6.09. The van der Waals surface area contributed by atoms with E-state index >= 15 is 0 Å². The van der Waals surface area contributed by atoms with Crippen LogP contribution in [-0.2, 0) is 9.59 Å². The molecule has 7 heteroatoms. The van der Waals surface area contributed by atoms with Gasteiger partial charge in [-0.15, -0.1) is 0 Å². The highest BCUT2D eigenvalue weighted by Crippen LogP contribution is 2.13. The van der Waals surface area contributed by atoms with Crippen molar-refractivity contribution in [2.24, 2.45) is 5.92 Å². The predicted molar refractivity (Wildman–Crippen MR) is 110 cm³/mol. The number of halogens is 1. The van der Waals surface area contributed by atoms with E-state index in [1.807, 2.05) is 32.9 Å². The standard InChI is InChI=1S/C21H24ClN3O3/c1-13(2)19(25-20(27)17-7-5-4-6-14(17)3)21(28)23-12-18(26)24-16-10-8-15(22)9-11-16/h4-11,13,19H,12H2,1-3H3,(H,23,28)(H,24,26)(H,25,27). The van der Waals surface area contributed by atoms with Crippen LogP contribution in [0.5, 0.6) is 0 Å². The predicted octanol–water partition coefficient (Wildman–Crippen LogP) is 3.16. The average molecular weight is 402 g/mol. The molecule has 3 amide bonds. The third-order valence-corrected chi connectivity index (χ3v) is 4.43. The minimum atomic E-state index is -0.754. The summed E-state index contributed by atoms with van der Waals surface area (Å²) in [6.07, 6.45) is 0. The van der Waals surface area contributed by atoms with Crippen LogP contribution in [0.4, 0.5) is 5.69 Å². The van der Waals surface area contributed by atoms with Crippen LogP contribution < -0.4 is 16.0 Å². The molecule has 2 aromatic rings. The van der Waals surface area contributed by atoms with Gasteiger partial charge in [-0.25, -0.2) is 0 Å². The fourth-order valence-corrected chi connectivity index (χ4v) is 2.72. The van der Waals surface area contributed by atoms with Crippen molar-refractivity contribution < 1.29 is 14.4 Å². The molecule has 0 radical (unpaired) electrons. The molecule has 0 spiro atoms. The molecule has 3 N–H and O–H groups in total. The molecule has 2 aromatic carbocycles. The van der Waals surface area contributed by atoms with E-state index in [0.29, 0.717) is 16.3 Å². The van der Waals surface area contributed by atoms with Crippen molar-refractivity contribution in [2.75, 3.05) is 11.9 Å². The highest BCUT2D eigenvalue weighted by molar-refractivity contribution is 6.30. The number of amides is 3. The van der Waals surface area contributed by atoms with Gasteiger partial charge in [0.2, 0.25) is 11.8 Å². The summed E-state index contributed by atoms with van der Waals surface area (Å²) >= 11 is 5.81. The first-order valence-electron chi connectivity index (χ1n) is 8.97. The van der Waals surface area contributed by atoms with Crippen molar-refractivity contribution in [2.45, 2.75) is 26.8 Å². The minimum absolute atomic E-state index is 0.146. The zero-order valence-corrected chi connectivity index (χ0v) is 16.8. The lowest BCUT2D eigenvalue weighted by molar-refractivity contribution is -0.126. The molecule has 0 saturated heterocycles. The quantitative estimate of drug-likeness (QED) is 0.666. The highest BCUT2D eigenvalue weighted by atomic mass is 35.5. The van der Waals surface area contributed by atoms with Crippen molar-refractivity contribution in [1.29, 1.82) is 0 Å². The Morgan fingerprint density at radius 3 is 2.25 bits per heavy atom. The van der Waals surface area contributed by atoms with Crippen LogP contribution in [0.1, 0.15) is 29.8 Å². The van der Waals surface area contributed by atoms with Gasteiger partial charge in [0.1, 0.15) is 6.04 Å². The van der Waals surface area contributed by atoms with Crippen LogP contribution in [0.15, 0.2) is 48.5 Å². The molecule has 0 aliphatic heterocycles.